The van der Waals surface area contributed by atoms with Crippen molar-refractivity contribution in [1.29, 1.82) is 0 Å². The number of aromatic nitrogens is 1. The molecule has 2 heterocycles. The van der Waals surface area contributed by atoms with E-state index in [9.17, 15) is 10.1 Å². The number of piperazine rings is 1. The molecule has 0 aliphatic carbocycles. The maximum atomic E-state index is 10.9. The number of hydrogen-bond acceptors (Lipinski definition) is 5. The third kappa shape index (κ3) is 2.90. The minimum Gasteiger partial charge on any atom is -0.351 e. The van der Waals surface area contributed by atoms with Crippen molar-refractivity contribution < 1.29 is 4.92 Å². The van der Waals surface area contributed by atoms with Crippen LogP contribution >= 0.6 is 0 Å². The molecule has 1 aliphatic heterocycles. The maximum absolute atomic E-state index is 10.9. The fourth-order valence-electron chi connectivity index (χ4n) is 2.66. The molecule has 1 aliphatic rings. The summed E-state index contributed by atoms with van der Waals surface area (Å²) >= 11 is 0. The first kappa shape index (κ1) is 14.7. The molecule has 1 N–H and O–H groups in total. The predicted molar refractivity (Wildman–Crippen MR) is 79.1 cm³/mol. The summed E-state index contributed by atoms with van der Waals surface area (Å²) in [6.45, 7) is 7.93. The van der Waals surface area contributed by atoms with E-state index in [2.05, 4.69) is 29.0 Å². The zero-order valence-corrected chi connectivity index (χ0v) is 12.3. The van der Waals surface area contributed by atoms with Crippen molar-refractivity contribution in [2.45, 2.75) is 45.7 Å². The molecular formula is C14H22N4O2. The first-order valence-corrected chi connectivity index (χ1v) is 7.17. The Morgan fingerprint density at radius 3 is 2.80 bits per heavy atom. The Bertz CT molecular complexity index is 492. The molecular weight excluding hydrogens is 256 g/mol. The van der Waals surface area contributed by atoms with Gasteiger partial charge in [0, 0.05) is 30.7 Å². The van der Waals surface area contributed by atoms with Crippen molar-refractivity contribution in [2.24, 2.45) is 0 Å². The topological polar surface area (TPSA) is 71.3 Å². The molecule has 6 nitrogen and oxygen atoms in total. The Morgan fingerprint density at radius 2 is 2.25 bits per heavy atom. The van der Waals surface area contributed by atoms with E-state index in [0.717, 1.165) is 31.7 Å². The number of nitrogens with one attached hydrogen (secondary N) is 1. The first-order chi connectivity index (χ1) is 9.56. The van der Waals surface area contributed by atoms with Gasteiger partial charge in [0.25, 0.3) is 5.69 Å². The van der Waals surface area contributed by atoms with Crippen LogP contribution in [-0.2, 0) is 0 Å². The van der Waals surface area contributed by atoms with Crippen molar-refractivity contribution in [3.05, 3.63) is 27.9 Å². The quantitative estimate of drug-likeness (QED) is 0.675. The monoisotopic (exact) mass is 278 g/mol. The van der Waals surface area contributed by atoms with Crippen LogP contribution < -0.4 is 10.2 Å². The highest BCUT2D eigenvalue weighted by Crippen LogP contribution is 2.25. The molecule has 20 heavy (non-hydrogen) atoms. The van der Waals surface area contributed by atoms with E-state index < -0.39 is 0 Å². The Kier molecular flexibility index (Phi) is 4.54. The summed E-state index contributed by atoms with van der Waals surface area (Å²) in [5.74, 6) is 0.847. The molecule has 0 saturated carbocycles. The average molecular weight is 278 g/mol. The Hall–Kier alpha value is -1.69. The number of nitro groups is 1. The van der Waals surface area contributed by atoms with E-state index >= 15 is 0 Å². The summed E-state index contributed by atoms with van der Waals surface area (Å²) in [4.78, 5) is 17.1. The van der Waals surface area contributed by atoms with Crippen molar-refractivity contribution in [2.75, 3.05) is 18.0 Å². The summed E-state index contributed by atoms with van der Waals surface area (Å²) in [5, 5.41) is 14.4. The van der Waals surface area contributed by atoms with E-state index in [1.807, 2.05) is 6.07 Å². The molecule has 6 heteroatoms. The number of pyridine rings is 1. The molecule has 0 amide bonds. The van der Waals surface area contributed by atoms with Crippen LogP contribution in [-0.4, -0.2) is 35.1 Å². The normalized spacial score (nSPS) is 22.9. The Balaban J connectivity index is 2.27. The maximum Gasteiger partial charge on any atom is 0.290 e. The van der Waals surface area contributed by atoms with Crippen LogP contribution in [0.4, 0.5) is 11.5 Å². The molecule has 0 bridgehead atoms. The molecule has 2 rings (SSSR count). The zero-order chi connectivity index (χ0) is 14.7. The van der Waals surface area contributed by atoms with Crippen LogP contribution in [0, 0.1) is 17.0 Å². The van der Waals surface area contributed by atoms with Gasteiger partial charge in [-0.2, -0.15) is 0 Å². The molecule has 0 aromatic carbocycles. The standard InChI is InChI=1S/C14H22N4O2/c1-4-11-9-17(12(5-2)7-15-11)14-6-10(3)13(8-16-14)18(19)20/h6,8,11-12,15H,4-5,7,9H2,1-3H3. The van der Waals surface area contributed by atoms with Gasteiger partial charge in [-0.05, 0) is 25.8 Å². The fourth-order valence-corrected chi connectivity index (χ4v) is 2.66. The van der Waals surface area contributed by atoms with Crippen LogP contribution in [0.1, 0.15) is 32.3 Å². The van der Waals surface area contributed by atoms with Gasteiger partial charge in [-0.25, -0.2) is 4.98 Å². The van der Waals surface area contributed by atoms with E-state index in [1.165, 1.54) is 6.20 Å². The van der Waals surface area contributed by atoms with E-state index in [0.29, 0.717) is 17.6 Å². The molecule has 110 valence electrons. The van der Waals surface area contributed by atoms with Crippen LogP contribution in [0.3, 0.4) is 0 Å². The van der Waals surface area contributed by atoms with Gasteiger partial charge in [-0.1, -0.05) is 13.8 Å². The third-order valence-corrected chi connectivity index (χ3v) is 4.02. The van der Waals surface area contributed by atoms with Gasteiger partial charge in [-0.3, -0.25) is 10.1 Å². The van der Waals surface area contributed by atoms with E-state index in [4.69, 9.17) is 0 Å². The lowest BCUT2D eigenvalue weighted by Crippen LogP contribution is -2.56. The van der Waals surface area contributed by atoms with Gasteiger partial charge in [0.1, 0.15) is 12.0 Å². The van der Waals surface area contributed by atoms with Gasteiger partial charge in [-0.15, -0.1) is 0 Å². The zero-order valence-electron chi connectivity index (χ0n) is 12.3. The van der Waals surface area contributed by atoms with Gasteiger partial charge in [0.05, 0.1) is 4.92 Å². The second kappa shape index (κ2) is 6.17. The SMILES string of the molecule is CCC1CN(c2cc(C)c([N+](=O)[O-])cn2)C(CC)CN1. The summed E-state index contributed by atoms with van der Waals surface area (Å²) in [7, 11) is 0. The molecule has 1 aromatic rings. The van der Waals surface area contributed by atoms with Crippen LogP contribution in [0.5, 0.6) is 0 Å². The van der Waals surface area contributed by atoms with Crippen molar-refractivity contribution >= 4 is 11.5 Å². The van der Waals surface area contributed by atoms with Gasteiger partial charge in [0.2, 0.25) is 0 Å². The summed E-state index contributed by atoms with van der Waals surface area (Å²) in [6, 6.07) is 2.68. The molecule has 1 fully saturated rings. The highest BCUT2D eigenvalue weighted by Gasteiger charge is 2.27. The van der Waals surface area contributed by atoms with Crippen LogP contribution in [0.15, 0.2) is 12.3 Å². The number of aryl methyl sites for hydroxylation is 1. The largest absolute Gasteiger partial charge is 0.351 e. The molecule has 2 atom stereocenters. The second-order valence-electron chi connectivity index (χ2n) is 5.31. The number of nitrogens with zero attached hydrogens (tertiary/aromatic N) is 3. The van der Waals surface area contributed by atoms with Gasteiger partial charge in [0.15, 0.2) is 0 Å². The lowest BCUT2D eigenvalue weighted by atomic mass is 10.0. The first-order valence-electron chi connectivity index (χ1n) is 7.17. The molecule has 0 spiro atoms. The van der Waals surface area contributed by atoms with Crippen molar-refractivity contribution in [3.8, 4) is 0 Å². The highest BCUT2D eigenvalue weighted by atomic mass is 16.6. The number of rotatable bonds is 4. The molecule has 1 saturated heterocycles. The number of anilines is 1. The number of hydrogen-bond donors (Lipinski definition) is 1. The lowest BCUT2D eigenvalue weighted by Gasteiger charge is -2.40. The van der Waals surface area contributed by atoms with Crippen LogP contribution in [0.25, 0.3) is 0 Å². The molecule has 1 aromatic heterocycles. The summed E-state index contributed by atoms with van der Waals surface area (Å²) in [5.41, 5.74) is 0.755. The van der Waals surface area contributed by atoms with E-state index in [1.54, 1.807) is 6.92 Å². The molecule has 2 unspecified atom stereocenters. The Labute approximate surface area is 119 Å². The fraction of sp³-hybridized carbons (Fsp3) is 0.643. The minimum absolute atomic E-state index is 0.0870. The van der Waals surface area contributed by atoms with Crippen molar-refractivity contribution in [3.63, 3.8) is 0 Å². The second-order valence-corrected chi connectivity index (χ2v) is 5.31. The third-order valence-electron chi connectivity index (χ3n) is 4.02. The van der Waals surface area contributed by atoms with Crippen molar-refractivity contribution in [1.82, 2.24) is 10.3 Å². The molecule has 0 radical (unpaired) electrons. The Morgan fingerprint density at radius 1 is 1.50 bits per heavy atom. The highest BCUT2D eigenvalue weighted by molar-refractivity contribution is 5.49. The summed E-state index contributed by atoms with van der Waals surface area (Å²) in [6.07, 6.45) is 3.47. The lowest BCUT2D eigenvalue weighted by molar-refractivity contribution is -0.385. The van der Waals surface area contributed by atoms with Crippen LogP contribution in [0.2, 0.25) is 0 Å². The minimum atomic E-state index is -0.379. The van der Waals surface area contributed by atoms with Gasteiger partial charge >= 0.3 is 0 Å². The average Bonchev–Trinajstić information content (AvgIpc) is 2.46. The predicted octanol–water partition coefficient (Wildman–Crippen LogP) is 2.27. The van der Waals surface area contributed by atoms with Gasteiger partial charge < -0.3 is 10.2 Å². The smallest absolute Gasteiger partial charge is 0.290 e. The summed E-state index contributed by atoms with van der Waals surface area (Å²) < 4.78 is 0. The van der Waals surface area contributed by atoms with E-state index in [-0.39, 0.29) is 10.6 Å².